The number of hydrogen-bond donors (Lipinski definition) is 0. The molecule has 0 bridgehead atoms. The van der Waals surface area contributed by atoms with Crippen molar-refractivity contribution in [2.45, 2.75) is 74.1 Å². The first-order valence-electron chi connectivity index (χ1n) is 17.4. The van der Waals surface area contributed by atoms with Gasteiger partial charge in [0.25, 0.3) is 0 Å². The molecule has 3 heterocycles. The molecule has 7 rings (SSSR count). The van der Waals surface area contributed by atoms with Crippen LogP contribution in [0.15, 0.2) is 72.9 Å². The number of para-hydroxylation sites is 1. The van der Waals surface area contributed by atoms with Gasteiger partial charge in [0.2, 0.25) is 0 Å². The van der Waals surface area contributed by atoms with E-state index >= 15 is 0 Å². The second-order valence-corrected chi connectivity index (χ2v) is 13.9. The Morgan fingerprint density at radius 2 is 1.41 bits per heavy atom. The summed E-state index contributed by atoms with van der Waals surface area (Å²) in [6.45, 7) is 19.7. The molecule has 0 spiro atoms. The van der Waals surface area contributed by atoms with Crippen LogP contribution >= 0.6 is 0 Å². The van der Waals surface area contributed by atoms with Crippen LogP contribution in [0.3, 0.4) is 0 Å². The Kier molecular flexibility index (Phi) is 10.0. The molecule has 0 unspecified atom stereocenters. The fourth-order valence-electron chi connectivity index (χ4n) is 7.34. The van der Waals surface area contributed by atoms with Crippen molar-refractivity contribution in [1.82, 2.24) is 19.3 Å². The maximum Gasteiger partial charge on any atom is 2.00 e. The predicted octanol–water partition coefficient (Wildman–Crippen LogP) is 11.2. The van der Waals surface area contributed by atoms with E-state index < -0.39 is 0 Å². The van der Waals surface area contributed by atoms with Crippen LogP contribution in [0.5, 0.6) is 17.2 Å². The van der Waals surface area contributed by atoms with E-state index in [4.69, 9.17) is 19.6 Å². The monoisotopic (exact) mass is 766 g/mol. The number of benzene rings is 4. The van der Waals surface area contributed by atoms with Gasteiger partial charge in [0.15, 0.2) is 0 Å². The molecule has 0 aliphatic heterocycles. The molecule has 4 aromatic carbocycles. The molecule has 0 N–H and O–H groups in total. The molecule has 0 aliphatic carbocycles. The summed E-state index contributed by atoms with van der Waals surface area (Å²) in [6, 6.07) is 29.7. The average Bonchev–Trinajstić information content (AvgIpc) is 3.65. The van der Waals surface area contributed by atoms with Gasteiger partial charge in [-0.05, 0) is 109 Å². The minimum atomic E-state index is 0. The number of pyridine rings is 1. The van der Waals surface area contributed by atoms with E-state index in [-0.39, 0.29) is 32.3 Å². The molecule has 0 radical (unpaired) electrons. The molecule has 7 aromatic rings. The standard InChI is InChI=1S/C44H44N4O2.Pd/c1-25(2)42-41(40-28(6)30(8)44(49-10)31(9)29(40)7)43(26(3)4)48(46-42)32-14-13-15-33(23-32)50-34-18-19-36-35-16-11-12-17-37(35)47(38(36)24-34)39-22-27(5)20-21-45-39;/h11-22,25-26H,1-10H3;/q-2;+2. The first-order chi connectivity index (χ1) is 24.0. The summed E-state index contributed by atoms with van der Waals surface area (Å²) in [6.07, 6.45) is 1.85. The van der Waals surface area contributed by atoms with Gasteiger partial charge in [-0.3, -0.25) is 4.68 Å². The SMILES string of the molecule is COc1c(C)c(C)c(-c2c(C(C)C)nn(-c3[c-]c(Oc4[c-]c5c(cc4)c4ccccc4n5-c4cc(C)ccn4)ccc3)c2C(C)C)c(C)c1C.[Pd+2]. The zero-order valence-corrected chi connectivity index (χ0v) is 32.6. The fraction of sp³-hybridized carbons (Fsp3) is 0.273. The fourth-order valence-corrected chi connectivity index (χ4v) is 7.34. The number of methoxy groups -OCH3 is 1. The van der Waals surface area contributed by atoms with Gasteiger partial charge in [-0.1, -0.05) is 51.4 Å². The van der Waals surface area contributed by atoms with Gasteiger partial charge in [0.1, 0.15) is 11.6 Å². The Bertz CT molecular complexity index is 2390. The van der Waals surface area contributed by atoms with E-state index in [1.807, 2.05) is 30.5 Å². The molecule has 0 saturated heterocycles. The number of ether oxygens (including phenoxy) is 2. The molecular weight excluding hydrogens is 723 g/mol. The van der Waals surface area contributed by atoms with Crippen LogP contribution in [0.1, 0.15) is 78.7 Å². The van der Waals surface area contributed by atoms with Crippen LogP contribution in [0.4, 0.5) is 0 Å². The number of nitrogens with zero attached hydrogens (tertiary/aromatic N) is 4. The van der Waals surface area contributed by atoms with Crippen LogP contribution in [0.2, 0.25) is 0 Å². The van der Waals surface area contributed by atoms with E-state index in [2.05, 4.69) is 126 Å². The van der Waals surface area contributed by atoms with Gasteiger partial charge < -0.3 is 14.0 Å². The Labute approximate surface area is 315 Å². The van der Waals surface area contributed by atoms with Crippen molar-refractivity contribution in [1.29, 1.82) is 0 Å². The van der Waals surface area contributed by atoms with Gasteiger partial charge in [-0.2, -0.15) is 17.2 Å². The molecule has 51 heavy (non-hydrogen) atoms. The van der Waals surface area contributed by atoms with E-state index in [0.29, 0.717) is 11.5 Å². The van der Waals surface area contributed by atoms with Crippen molar-refractivity contribution in [2.24, 2.45) is 0 Å². The Hall–Kier alpha value is -4.70. The van der Waals surface area contributed by atoms with Crippen LogP contribution < -0.4 is 9.47 Å². The molecule has 0 atom stereocenters. The molecule has 0 fully saturated rings. The number of hydrogen-bond acceptors (Lipinski definition) is 4. The number of rotatable bonds is 8. The summed E-state index contributed by atoms with van der Waals surface area (Å²) < 4.78 is 16.6. The quantitative estimate of drug-likeness (QED) is 0.114. The third-order valence-corrected chi connectivity index (χ3v) is 9.94. The molecule has 7 heteroatoms. The summed E-state index contributed by atoms with van der Waals surface area (Å²) in [5.74, 6) is 3.40. The molecular formula is C44H44N4O2Pd. The van der Waals surface area contributed by atoms with Crippen molar-refractivity contribution in [3.05, 3.63) is 124 Å². The zero-order chi connectivity index (χ0) is 35.4. The average molecular weight is 767 g/mol. The first-order valence-corrected chi connectivity index (χ1v) is 17.4. The zero-order valence-electron chi connectivity index (χ0n) is 31.0. The van der Waals surface area contributed by atoms with Crippen LogP contribution in [0, 0.1) is 46.8 Å². The number of aromatic nitrogens is 4. The largest absolute Gasteiger partial charge is 2.00 e. The molecule has 0 saturated carbocycles. The topological polar surface area (TPSA) is 54.1 Å². The van der Waals surface area contributed by atoms with Gasteiger partial charge in [0.05, 0.1) is 18.5 Å². The van der Waals surface area contributed by atoms with Gasteiger partial charge >= 0.3 is 20.4 Å². The Balaban J connectivity index is 0.00000448. The normalized spacial score (nSPS) is 11.5. The summed E-state index contributed by atoms with van der Waals surface area (Å²) in [5.41, 5.74) is 13.4. The van der Waals surface area contributed by atoms with Crippen molar-refractivity contribution in [3.8, 4) is 39.9 Å². The minimum Gasteiger partial charge on any atom is -0.509 e. The van der Waals surface area contributed by atoms with E-state index in [0.717, 1.165) is 67.1 Å². The smallest absolute Gasteiger partial charge is 0.509 e. The van der Waals surface area contributed by atoms with Gasteiger partial charge in [-0.15, -0.1) is 35.7 Å². The molecule has 3 aromatic heterocycles. The predicted molar refractivity (Wildman–Crippen MR) is 204 cm³/mol. The van der Waals surface area contributed by atoms with Crippen molar-refractivity contribution >= 4 is 21.8 Å². The van der Waals surface area contributed by atoms with Crippen LogP contribution in [-0.4, -0.2) is 26.4 Å². The summed E-state index contributed by atoms with van der Waals surface area (Å²) in [4.78, 5) is 4.72. The maximum atomic E-state index is 6.52. The van der Waals surface area contributed by atoms with E-state index in [1.165, 1.54) is 22.3 Å². The first kappa shape index (κ1) is 36.1. The summed E-state index contributed by atoms with van der Waals surface area (Å²) in [5, 5.41) is 7.55. The van der Waals surface area contributed by atoms with E-state index in [1.54, 1.807) is 7.11 Å². The van der Waals surface area contributed by atoms with Crippen LogP contribution in [-0.2, 0) is 20.4 Å². The van der Waals surface area contributed by atoms with E-state index in [9.17, 15) is 0 Å². The van der Waals surface area contributed by atoms with Crippen molar-refractivity contribution in [2.75, 3.05) is 7.11 Å². The number of aryl methyl sites for hydroxylation is 1. The maximum absolute atomic E-state index is 6.52. The van der Waals surface area contributed by atoms with Gasteiger partial charge in [0, 0.05) is 28.8 Å². The third-order valence-electron chi connectivity index (χ3n) is 9.94. The summed E-state index contributed by atoms with van der Waals surface area (Å²) >= 11 is 0. The molecule has 0 aliphatic rings. The Morgan fingerprint density at radius 1 is 0.706 bits per heavy atom. The second-order valence-electron chi connectivity index (χ2n) is 13.9. The minimum absolute atomic E-state index is 0. The van der Waals surface area contributed by atoms with Crippen molar-refractivity contribution in [3.63, 3.8) is 0 Å². The van der Waals surface area contributed by atoms with Crippen molar-refractivity contribution < 1.29 is 29.9 Å². The molecule has 262 valence electrons. The molecule has 6 nitrogen and oxygen atoms in total. The molecule has 0 amide bonds. The van der Waals surface area contributed by atoms with Crippen LogP contribution in [0.25, 0.3) is 44.4 Å². The third kappa shape index (κ3) is 6.17. The second kappa shape index (κ2) is 14.1. The Morgan fingerprint density at radius 3 is 2.08 bits per heavy atom. The summed E-state index contributed by atoms with van der Waals surface area (Å²) in [7, 11) is 1.76. The number of fused-ring (bicyclic) bond motifs is 3. The van der Waals surface area contributed by atoms with Gasteiger partial charge in [-0.25, -0.2) is 4.98 Å².